The van der Waals surface area contributed by atoms with Gasteiger partial charge in [0, 0.05) is 84.2 Å². The molecule has 0 atom stereocenters. The predicted molar refractivity (Wildman–Crippen MR) is 588 cm³/mol. The van der Waals surface area contributed by atoms with Crippen molar-refractivity contribution in [2.45, 2.75) is 0 Å². The highest BCUT2D eigenvalue weighted by Crippen LogP contribution is 2.49. The topological polar surface area (TPSA) is 87.1 Å². The fourth-order valence-corrected chi connectivity index (χ4v) is 18.5. The van der Waals surface area contributed by atoms with E-state index >= 15 is 0 Å². The van der Waals surface area contributed by atoms with E-state index in [-0.39, 0.29) is 0 Å². The van der Waals surface area contributed by atoms with Gasteiger partial charge in [-0.25, -0.2) is 29.9 Å². The molecule has 24 rings (SSSR count). The Morgan fingerprint density at radius 2 is 0.284 bits per heavy atom. The molecule has 0 unspecified atom stereocenters. The van der Waals surface area contributed by atoms with Gasteiger partial charge in [0.05, 0.1) is 84.3 Å². The summed E-state index contributed by atoms with van der Waals surface area (Å²) < 4.78 is 0. The first-order valence-electron chi connectivity index (χ1n) is 47.5. The first-order valence-corrected chi connectivity index (χ1v) is 47.5. The third kappa shape index (κ3) is 19.2. The highest BCUT2D eigenvalue weighted by atomic mass is 15.2. The molecule has 141 heavy (non-hydrogen) atoms. The lowest BCUT2D eigenvalue weighted by Crippen LogP contribution is -2.12. The lowest BCUT2D eigenvalue weighted by Gasteiger charge is -2.30. The van der Waals surface area contributed by atoms with E-state index in [0.29, 0.717) is 0 Å². The van der Waals surface area contributed by atoms with Gasteiger partial charge in [0.25, 0.3) is 0 Å². The minimum atomic E-state index is 0.863. The Kier molecular flexibility index (Phi) is 25.5. The summed E-state index contributed by atoms with van der Waals surface area (Å²) in [6, 6.07) is 197. The van der Waals surface area contributed by atoms with Crippen molar-refractivity contribution in [3.63, 3.8) is 0 Å². The zero-order chi connectivity index (χ0) is 94.3. The molecule has 0 N–H and O–H groups in total. The molecule has 3 heterocycles. The second-order valence-electron chi connectivity index (χ2n) is 34.4. The highest BCUT2D eigenvalue weighted by molar-refractivity contribution is 5.97. The normalized spacial score (nSPS) is 11.0. The molecular formula is C132H93N9. The monoisotopic (exact) mass is 1800 g/mol. The van der Waals surface area contributed by atoms with Crippen molar-refractivity contribution in [2.75, 3.05) is 14.7 Å². The lowest BCUT2D eigenvalue weighted by molar-refractivity contribution is 1.27. The molecule has 0 aliphatic carbocycles. The third-order valence-corrected chi connectivity index (χ3v) is 25.4. The number of para-hydroxylation sites is 9. The minimum Gasteiger partial charge on any atom is -0.310 e. The highest BCUT2D eigenvalue weighted by Gasteiger charge is 2.26. The SMILES string of the molecule is c1ccc(-c2ccc(N(c3ccc(-c4nc5ccccc5nc4-c4ccccc4)cc3)c3ccccc3-c3ccccc3)cc2)cc1.c1ccc(-c2cccc(N(c3ccc(-c4nc5ccccc5nc4-c4ccccc4)cc3)c3cccc(-c4ccccc4)c3)c2)cc1.c1ccc(-c2ccccc2N(c2ccc(-c3nc4ccccc4nc3-c3ccccc3)cc2)c2ccccc2-c2ccccc2)cc1. The summed E-state index contributed by atoms with van der Waals surface area (Å²) in [6.45, 7) is 0. The predicted octanol–water partition coefficient (Wildman–Crippen LogP) is 35.3. The standard InChI is InChI=1S/3C44H31N3/c1-4-16-32(17-5-1)37-22-10-14-26-41(37)47(42-27-15-11-23-38(42)33-18-6-2-7-19-33)36-30-28-35(29-31-36)44-43(34-20-8-3-9-21-34)45-39-24-12-13-25-40(39)46-44;1-4-14-32(15-5-1)33-24-28-37(29-25-33)47(42-23-13-10-20-39(42)34-16-6-2-7-17-34)38-30-26-36(27-31-38)44-43(35-18-8-3-9-19-35)45-40-21-11-12-22-41(40)46-44;1-4-14-32(15-5-1)36-20-12-22-39(30-36)47(40-23-13-21-37(31-40)33-16-6-2-7-17-33)38-28-26-35(27-29-38)44-43(34-18-8-3-9-19-34)45-41-24-10-11-25-42(41)46-44/h3*1-31H. The molecule has 21 aromatic carbocycles. The van der Waals surface area contributed by atoms with Crippen LogP contribution in [0.2, 0.25) is 0 Å². The van der Waals surface area contributed by atoms with E-state index in [0.717, 1.165) is 169 Å². The first-order chi connectivity index (χ1) is 69.9. The molecule has 9 nitrogen and oxygen atoms in total. The van der Waals surface area contributed by atoms with Crippen LogP contribution in [0.5, 0.6) is 0 Å². The molecule has 0 aliphatic heterocycles. The molecule has 0 radical (unpaired) electrons. The van der Waals surface area contributed by atoms with E-state index in [4.69, 9.17) is 29.9 Å². The Hall–Kier alpha value is -19.0. The van der Waals surface area contributed by atoms with Gasteiger partial charge in [0.2, 0.25) is 0 Å². The maximum Gasteiger partial charge on any atom is 0.0973 e. The minimum absolute atomic E-state index is 0.863. The third-order valence-electron chi connectivity index (χ3n) is 25.4. The second kappa shape index (κ2) is 41.1. The summed E-state index contributed by atoms with van der Waals surface area (Å²) in [4.78, 5) is 37.7. The van der Waals surface area contributed by atoms with Crippen LogP contribution in [0.1, 0.15) is 0 Å². The number of aromatic nitrogens is 6. The number of rotatable bonds is 21. The van der Waals surface area contributed by atoms with E-state index in [1.807, 2.05) is 127 Å². The van der Waals surface area contributed by atoms with Crippen LogP contribution in [0.25, 0.3) is 167 Å². The van der Waals surface area contributed by atoms with E-state index < -0.39 is 0 Å². The smallest absolute Gasteiger partial charge is 0.0973 e. The van der Waals surface area contributed by atoms with Crippen LogP contribution in [0.15, 0.2) is 564 Å². The molecule has 0 saturated heterocycles. The fourth-order valence-electron chi connectivity index (χ4n) is 18.5. The van der Waals surface area contributed by atoms with Crippen molar-refractivity contribution in [2.24, 2.45) is 0 Å². The summed E-state index contributed by atoms with van der Waals surface area (Å²) in [5.41, 5.74) is 40.5. The van der Waals surface area contributed by atoms with E-state index in [1.54, 1.807) is 0 Å². The van der Waals surface area contributed by atoms with Crippen molar-refractivity contribution in [3.05, 3.63) is 564 Å². The van der Waals surface area contributed by atoms with Crippen molar-refractivity contribution in [1.82, 2.24) is 29.9 Å². The molecular weight excluding hydrogens is 1710 g/mol. The van der Waals surface area contributed by atoms with Crippen molar-refractivity contribution >= 4 is 84.3 Å². The zero-order valence-electron chi connectivity index (χ0n) is 77.2. The van der Waals surface area contributed by atoms with Gasteiger partial charge in [-0.05, 0) is 177 Å². The number of nitrogens with zero attached hydrogens (tertiary/aromatic N) is 9. The lowest BCUT2D eigenvalue weighted by atomic mass is 9.98. The molecule has 0 aliphatic rings. The number of hydrogen-bond donors (Lipinski definition) is 0. The fraction of sp³-hybridized carbons (Fsp3) is 0. The molecule has 666 valence electrons. The molecule has 9 heteroatoms. The van der Waals surface area contributed by atoms with Crippen LogP contribution in [0.3, 0.4) is 0 Å². The summed E-state index contributed by atoms with van der Waals surface area (Å²) >= 11 is 0. The summed E-state index contributed by atoms with van der Waals surface area (Å²) in [6.07, 6.45) is 0. The Balaban J connectivity index is 0.000000121. The van der Waals surface area contributed by atoms with Crippen LogP contribution < -0.4 is 14.7 Å². The van der Waals surface area contributed by atoms with Crippen molar-refractivity contribution in [1.29, 1.82) is 0 Å². The van der Waals surface area contributed by atoms with Gasteiger partial charge in [-0.2, -0.15) is 0 Å². The van der Waals surface area contributed by atoms with Gasteiger partial charge in [0.1, 0.15) is 0 Å². The van der Waals surface area contributed by atoms with Gasteiger partial charge in [-0.1, -0.05) is 437 Å². The zero-order valence-corrected chi connectivity index (χ0v) is 77.2. The Morgan fingerprint density at radius 3 is 0.553 bits per heavy atom. The Labute approximate surface area is 821 Å². The Bertz CT molecular complexity index is 8240. The van der Waals surface area contributed by atoms with Crippen LogP contribution in [0, 0.1) is 0 Å². The molecule has 24 aromatic rings. The summed E-state index contributed by atoms with van der Waals surface area (Å²) in [5, 5.41) is 0. The maximum absolute atomic E-state index is 5.14. The maximum atomic E-state index is 5.14. The van der Waals surface area contributed by atoms with E-state index in [9.17, 15) is 0 Å². The summed E-state index contributed by atoms with van der Waals surface area (Å²) in [5.74, 6) is 0. The average molecular weight is 1810 g/mol. The molecule has 0 saturated carbocycles. The van der Waals surface area contributed by atoms with Crippen LogP contribution in [0.4, 0.5) is 51.2 Å². The van der Waals surface area contributed by atoms with Crippen LogP contribution in [-0.2, 0) is 0 Å². The molecule has 0 bridgehead atoms. The van der Waals surface area contributed by atoms with Gasteiger partial charge in [0.15, 0.2) is 0 Å². The number of anilines is 9. The number of hydrogen-bond acceptors (Lipinski definition) is 9. The van der Waals surface area contributed by atoms with E-state index in [2.05, 4.69) is 451 Å². The van der Waals surface area contributed by atoms with Crippen LogP contribution >= 0.6 is 0 Å². The van der Waals surface area contributed by atoms with Gasteiger partial charge < -0.3 is 14.7 Å². The molecule has 0 amide bonds. The van der Waals surface area contributed by atoms with Gasteiger partial charge >= 0.3 is 0 Å². The first kappa shape index (κ1) is 87.4. The van der Waals surface area contributed by atoms with Crippen molar-refractivity contribution in [3.8, 4) is 134 Å². The number of benzene rings is 21. The van der Waals surface area contributed by atoms with Crippen molar-refractivity contribution < 1.29 is 0 Å². The largest absolute Gasteiger partial charge is 0.310 e. The van der Waals surface area contributed by atoms with E-state index in [1.165, 1.54) is 50.1 Å². The van der Waals surface area contributed by atoms with Gasteiger partial charge in [-0.15, -0.1) is 0 Å². The summed E-state index contributed by atoms with van der Waals surface area (Å²) in [7, 11) is 0. The second-order valence-corrected chi connectivity index (χ2v) is 34.4. The van der Waals surface area contributed by atoms with Gasteiger partial charge in [-0.3, -0.25) is 0 Å². The average Bonchev–Trinajstić information content (AvgIpc) is 0.773. The molecule has 0 fully saturated rings. The quantitative estimate of drug-likeness (QED) is 0.0698. The molecule has 3 aromatic heterocycles. The number of fused-ring (bicyclic) bond motifs is 3. The Morgan fingerprint density at radius 1 is 0.106 bits per heavy atom. The molecule has 0 spiro atoms. The van der Waals surface area contributed by atoms with Crippen LogP contribution in [-0.4, -0.2) is 29.9 Å².